The third-order valence-electron chi connectivity index (χ3n) is 2.74. The molecule has 2 N–H and O–H groups in total. The summed E-state index contributed by atoms with van der Waals surface area (Å²) in [5, 5.41) is 0. The first-order valence-electron chi connectivity index (χ1n) is 5.81. The maximum absolute atomic E-state index is 12.7. The second-order valence-corrected chi connectivity index (χ2v) is 4.30. The highest BCUT2D eigenvalue weighted by atomic mass is 19.4. The smallest absolute Gasteiger partial charge is 0.396 e. The maximum atomic E-state index is 12.7. The molecule has 0 aromatic carbocycles. The van der Waals surface area contributed by atoms with Crippen molar-refractivity contribution in [2.24, 2.45) is 0 Å². The first-order valence-corrected chi connectivity index (χ1v) is 5.81. The topological polar surface area (TPSA) is 55.0 Å². The van der Waals surface area contributed by atoms with Crippen LogP contribution in [0, 0.1) is 0 Å². The molecule has 0 bridgehead atoms. The predicted molar refractivity (Wildman–Crippen MR) is 70.0 cm³/mol. The van der Waals surface area contributed by atoms with Crippen LogP contribution in [0.5, 0.6) is 0 Å². The van der Waals surface area contributed by atoms with Crippen LogP contribution in [0.1, 0.15) is 11.4 Å². The van der Waals surface area contributed by atoms with Crippen molar-refractivity contribution in [3.05, 3.63) is 48.0 Å². The van der Waals surface area contributed by atoms with Gasteiger partial charge in [0.15, 0.2) is 0 Å². The molecule has 0 amide bonds. The summed E-state index contributed by atoms with van der Waals surface area (Å²) < 4.78 is 38.0. The molecule has 2 aromatic rings. The third kappa shape index (κ3) is 3.17. The number of hydrogen-bond donors (Lipinski definition) is 1. The van der Waals surface area contributed by atoms with Crippen molar-refractivity contribution >= 4 is 11.4 Å². The van der Waals surface area contributed by atoms with E-state index in [0.717, 1.165) is 18.0 Å². The highest BCUT2D eigenvalue weighted by Crippen LogP contribution is 2.32. The first kappa shape index (κ1) is 14.1. The van der Waals surface area contributed by atoms with E-state index in [0.29, 0.717) is 6.54 Å². The van der Waals surface area contributed by atoms with E-state index in [4.69, 9.17) is 5.73 Å². The molecule has 2 rings (SSSR count). The van der Waals surface area contributed by atoms with Gasteiger partial charge in [-0.15, -0.1) is 0 Å². The van der Waals surface area contributed by atoms with Crippen LogP contribution in [-0.4, -0.2) is 17.0 Å². The third-order valence-corrected chi connectivity index (χ3v) is 2.74. The van der Waals surface area contributed by atoms with Crippen LogP contribution in [0.4, 0.5) is 24.5 Å². The van der Waals surface area contributed by atoms with Crippen molar-refractivity contribution in [2.75, 3.05) is 17.7 Å². The van der Waals surface area contributed by atoms with Crippen LogP contribution >= 0.6 is 0 Å². The zero-order chi connectivity index (χ0) is 14.8. The Labute approximate surface area is 114 Å². The Hall–Kier alpha value is -2.31. The minimum atomic E-state index is -4.49. The number of aromatic nitrogens is 2. The molecule has 0 saturated carbocycles. The quantitative estimate of drug-likeness (QED) is 0.940. The summed E-state index contributed by atoms with van der Waals surface area (Å²) >= 11 is 0. The number of nitrogens with two attached hydrogens (primary N) is 1. The SMILES string of the molecule is CN(Cc1ccccn1)c1cc(C(F)(F)F)ncc1N. The lowest BCUT2D eigenvalue weighted by molar-refractivity contribution is -0.141. The zero-order valence-electron chi connectivity index (χ0n) is 10.7. The van der Waals surface area contributed by atoms with Crippen LogP contribution in [0.25, 0.3) is 0 Å². The standard InChI is InChI=1S/C13H13F3N4/c1-20(8-9-4-2-3-5-18-9)11-6-12(13(14,15)16)19-7-10(11)17/h2-7H,8,17H2,1H3. The molecule has 0 unspecified atom stereocenters. The van der Waals surface area contributed by atoms with Crippen LogP contribution in [0.2, 0.25) is 0 Å². The molecule has 0 atom stereocenters. The van der Waals surface area contributed by atoms with Gasteiger partial charge in [-0.2, -0.15) is 13.2 Å². The summed E-state index contributed by atoms with van der Waals surface area (Å²) in [5.74, 6) is 0. The Bertz CT molecular complexity index is 584. The molecule has 4 nitrogen and oxygen atoms in total. The van der Waals surface area contributed by atoms with E-state index in [2.05, 4.69) is 9.97 Å². The Morgan fingerprint density at radius 1 is 1.25 bits per heavy atom. The molecule has 0 aliphatic rings. The number of hydrogen-bond acceptors (Lipinski definition) is 4. The Morgan fingerprint density at radius 3 is 2.60 bits per heavy atom. The number of alkyl halides is 3. The molecule has 0 aliphatic heterocycles. The monoisotopic (exact) mass is 282 g/mol. The van der Waals surface area contributed by atoms with E-state index in [1.165, 1.54) is 0 Å². The maximum Gasteiger partial charge on any atom is 0.433 e. The summed E-state index contributed by atoms with van der Waals surface area (Å²) in [6, 6.07) is 6.32. The molecular weight excluding hydrogens is 269 g/mol. The molecular formula is C13H13F3N4. The van der Waals surface area contributed by atoms with Crippen molar-refractivity contribution in [3.8, 4) is 0 Å². The lowest BCUT2D eigenvalue weighted by Gasteiger charge is -2.21. The first-order chi connectivity index (χ1) is 9.38. The summed E-state index contributed by atoms with van der Waals surface area (Å²) in [6.45, 7) is 0.354. The van der Waals surface area contributed by atoms with E-state index in [1.54, 1.807) is 30.3 Å². The van der Waals surface area contributed by atoms with E-state index >= 15 is 0 Å². The molecule has 0 fully saturated rings. The second kappa shape index (κ2) is 5.36. The summed E-state index contributed by atoms with van der Waals surface area (Å²) in [6.07, 6.45) is -1.85. The normalized spacial score (nSPS) is 11.4. The van der Waals surface area contributed by atoms with Crippen LogP contribution < -0.4 is 10.6 Å². The van der Waals surface area contributed by atoms with Crippen molar-refractivity contribution in [1.82, 2.24) is 9.97 Å². The number of anilines is 2. The van der Waals surface area contributed by atoms with E-state index in [9.17, 15) is 13.2 Å². The number of nitrogen functional groups attached to an aromatic ring is 1. The van der Waals surface area contributed by atoms with Crippen LogP contribution in [-0.2, 0) is 12.7 Å². The van der Waals surface area contributed by atoms with Gasteiger partial charge in [-0.25, -0.2) is 4.98 Å². The number of nitrogens with zero attached hydrogens (tertiary/aromatic N) is 3. The number of rotatable bonds is 3. The van der Waals surface area contributed by atoms with Gasteiger partial charge in [0.25, 0.3) is 0 Å². The van der Waals surface area contributed by atoms with Gasteiger partial charge in [0.05, 0.1) is 29.8 Å². The van der Waals surface area contributed by atoms with Gasteiger partial charge in [-0.3, -0.25) is 4.98 Å². The number of pyridine rings is 2. The Morgan fingerprint density at radius 2 is 2.00 bits per heavy atom. The minimum Gasteiger partial charge on any atom is -0.396 e. The lowest BCUT2D eigenvalue weighted by Crippen LogP contribution is -2.20. The largest absolute Gasteiger partial charge is 0.433 e. The van der Waals surface area contributed by atoms with E-state index in [1.807, 2.05) is 6.07 Å². The molecule has 7 heteroatoms. The van der Waals surface area contributed by atoms with Gasteiger partial charge in [0, 0.05) is 13.2 Å². The Kier molecular flexibility index (Phi) is 3.78. The van der Waals surface area contributed by atoms with Crippen LogP contribution in [0.15, 0.2) is 36.7 Å². The molecule has 0 saturated heterocycles. The minimum absolute atomic E-state index is 0.191. The average molecular weight is 282 g/mol. The van der Waals surface area contributed by atoms with Gasteiger partial charge in [-0.05, 0) is 18.2 Å². The molecule has 0 aliphatic carbocycles. The van der Waals surface area contributed by atoms with E-state index < -0.39 is 11.9 Å². The highest BCUT2D eigenvalue weighted by molar-refractivity contribution is 5.66. The fourth-order valence-corrected chi connectivity index (χ4v) is 1.76. The van der Waals surface area contributed by atoms with Crippen molar-refractivity contribution in [3.63, 3.8) is 0 Å². The molecule has 2 heterocycles. The van der Waals surface area contributed by atoms with E-state index in [-0.39, 0.29) is 11.4 Å². The van der Waals surface area contributed by atoms with Crippen molar-refractivity contribution < 1.29 is 13.2 Å². The van der Waals surface area contributed by atoms with Gasteiger partial charge in [-0.1, -0.05) is 6.07 Å². The van der Waals surface area contributed by atoms with Gasteiger partial charge < -0.3 is 10.6 Å². The van der Waals surface area contributed by atoms with Gasteiger partial charge in [0.2, 0.25) is 0 Å². The highest BCUT2D eigenvalue weighted by Gasteiger charge is 2.33. The van der Waals surface area contributed by atoms with Crippen LogP contribution in [0.3, 0.4) is 0 Å². The number of halogens is 3. The Balaban J connectivity index is 2.27. The second-order valence-electron chi connectivity index (χ2n) is 4.30. The average Bonchev–Trinajstić information content (AvgIpc) is 2.39. The van der Waals surface area contributed by atoms with Gasteiger partial charge >= 0.3 is 6.18 Å². The van der Waals surface area contributed by atoms with Gasteiger partial charge in [0.1, 0.15) is 5.69 Å². The fraction of sp³-hybridized carbons (Fsp3) is 0.231. The summed E-state index contributed by atoms with van der Waals surface area (Å²) in [7, 11) is 1.65. The predicted octanol–water partition coefficient (Wildman–Crippen LogP) is 2.71. The molecule has 106 valence electrons. The molecule has 0 radical (unpaired) electrons. The molecule has 2 aromatic heterocycles. The molecule has 20 heavy (non-hydrogen) atoms. The van der Waals surface area contributed by atoms with Crippen molar-refractivity contribution in [1.29, 1.82) is 0 Å². The summed E-state index contributed by atoms with van der Waals surface area (Å²) in [4.78, 5) is 9.04. The molecule has 0 spiro atoms. The summed E-state index contributed by atoms with van der Waals surface area (Å²) in [5.41, 5.74) is 5.93. The zero-order valence-corrected chi connectivity index (χ0v) is 10.7. The fourth-order valence-electron chi connectivity index (χ4n) is 1.76. The lowest BCUT2D eigenvalue weighted by atomic mass is 10.2. The van der Waals surface area contributed by atoms with Crippen molar-refractivity contribution in [2.45, 2.75) is 12.7 Å².